The molecule has 3 aliphatic heterocycles. The molecule has 16 heteroatoms. The standard InChI is InChI=1S/C33H29ClF3N7O5/c34-21-13-18(33(35,36)37)3-4-22(21)39-25(46)16-43-23-5-8-32(19-12-20(32)15-42(14-19)30(48)27-24(45)2-1-9-38-27)26(23)29(47)44-31(43)40-28(41-44)17-6-10-49-11-7-17/h1-4,6,9,13,19-20,45H,5,7-8,10-12,14-16H2,(H,39,46). The summed E-state index contributed by atoms with van der Waals surface area (Å²) in [5.41, 5.74) is 0.166. The Labute approximate surface area is 281 Å². The number of alkyl halides is 3. The molecule has 4 aromatic rings. The SMILES string of the molecule is O=C(Cn1c2c(c(=O)n3nc(C4=CCOCC4)nc13)C1(CC2)C2CC1CN(C(=O)c1ncccc1O)C2)Nc1ccc(C(F)(F)F)cc1Cl. The van der Waals surface area contributed by atoms with Gasteiger partial charge in [0.15, 0.2) is 11.5 Å². The lowest BCUT2D eigenvalue weighted by Crippen LogP contribution is -2.66. The molecule has 9 rings (SSSR count). The van der Waals surface area contributed by atoms with Crippen molar-refractivity contribution in [1.82, 2.24) is 29.0 Å². The molecule has 2 unspecified atom stereocenters. The van der Waals surface area contributed by atoms with Crippen LogP contribution in [0.5, 0.6) is 5.75 Å². The summed E-state index contributed by atoms with van der Waals surface area (Å²) in [5, 5.41) is 17.2. The number of aromatic hydroxyl groups is 1. The van der Waals surface area contributed by atoms with Crippen LogP contribution in [0.2, 0.25) is 5.02 Å². The molecule has 2 N–H and O–H groups in total. The molecule has 2 bridgehead atoms. The number of hydrogen-bond acceptors (Lipinski definition) is 8. The zero-order valence-electron chi connectivity index (χ0n) is 25.8. The Morgan fingerprint density at radius 3 is 2.65 bits per heavy atom. The monoisotopic (exact) mass is 695 g/mol. The van der Waals surface area contributed by atoms with Gasteiger partial charge >= 0.3 is 6.18 Å². The molecule has 49 heavy (non-hydrogen) atoms. The largest absolute Gasteiger partial charge is 0.505 e. The van der Waals surface area contributed by atoms with Gasteiger partial charge in [-0.25, -0.2) is 4.98 Å². The zero-order valence-corrected chi connectivity index (χ0v) is 26.6. The Hall–Kier alpha value is -4.76. The van der Waals surface area contributed by atoms with Crippen molar-refractivity contribution in [1.29, 1.82) is 0 Å². The second-order valence-corrected chi connectivity index (χ2v) is 13.3. The number of carbonyl (C=O) groups excluding carboxylic acids is 2. The number of carbonyl (C=O) groups is 2. The molecule has 5 aliphatic rings. The normalized spacial score (nSPS) is 22.9. The molecule has 3 fully saturated rings. The minimum absolute atomic E-state index is 0.0107. The number of rotatable bonds is 5. The van der Waals surface area contributed by atoms with E-state index in [0.29, 0.717) is 62.6 Å². The lowest BCUT2D eigenvalue weighted by molar-refractivity contribution is -0.137. The number of aromatic nitrogens is 5. The first kappa shape index (κ1) is 31.5. The highest BCUT2D eigenvalue weighted by Crippen LogP contribution is 2.61. The Kier molecular flexibility index (Phi) is 7.33. The first-order chi connectivity index (χ1) is 23.5. The van der Waals surface area contributed by atoms with Gasteiger partial charge < -0.3 is 24.6 Å². The van der Waals surface area contributed by atoms with E-state index in [4.69, 9.17) is 21.3 Å². The van der Waals surface area contributed by atoms with E-state index in [2.05, 4.69) is 15.4 Å². The molecule has 2 atom stereocenters. The van der Waals surface area contributed by atoms with Crippen molar-refractivity contribution < 1.29 is 32.6 Å². The predicted octanol–water partition coefficient (Wildman–Crippen LogP) is 4.08. The van der Waals surface area contributed by atoms with Crippen LogP contribution < -0.4 is 10.9 Å². The van der Waals surface area contributed by atoms with Gasteiger partial charge in [0.25, 0.3) is 11.5 Å². The molecule has 1 spiro atoms. The van der Waals surface area contributed by atoms with Gasteiger partial charge in [-0.2, -0.15) is 22.7 Å². The van der Waals surface area contributed by atoms with E-state index in [9.17, 15) is 32.7 Å². The second-order valence-electron chi connectivity index (χ2n) is 12.9. The lowest BCUT2D eigenvalue weighted by Gasteiger charge is -2.61. The summed E-state index contributed by atoms with van der Waals surface area (Å²) in [6, 6.07) is 5.65. The zero-order chi connectivity index (χ0) is 34.2. The number of nitrogens with one attached hydrogen (secondary N) is 1. The summed E-state index contributed by atoms with van der Waals surface area (Å²) in [4.78, 5) is 51.7. The number of pyridine rings is 1. The summed E-state index contributed by atoms with van der Waals surface area (Å²) in [5.74, 6) is -0.745. The molecule has 2 aliphatic carbocycles. The van der Waals surface area contributed by atoms with Crippen molar-refractivity contribution in [2.45, 2.75) is 43.8 Å². The van der Waals surface area contributed by atoms with E-state index < -0.39 is 23.1 Å². The van der Waals surface area contributed by atoms with Crippen molar-refractivity contribution in [3.63, 3.8) is 0 Å². The maximum atomic E-state index is 14.4. The van der Waals surface area contributed by atoms with Crippen LogP contribution >= 0.6 is 11.6 Å². The Morgan fingerprint density at radius 1 is 1.16 bits per heavy atom. The molecule has 0 radical (unpaired) electrons. The quantitative estimate of drug-likeness (QED) is 0.318. The molecular formula is C33H29ClF3N7O5. The van der Waals surface area contributed by atoms with Gasteiger partial charge in [0.05, 0.1) is 29.5 Å². The highest BCUT2D eigenvalue weighted by atomic mass is 35.5. The van der Waals surface area contributed by atoms with Gasteiger partial charge in [-0.05, 0) is 73.4 Å². The molecule has 2 amide bonds. The maximum absolute atomic E-state index is 14.4. The van der Waals surface area contributed by atoms with Gasteiger partial charge in [0, 0.05) is 36.0 Å². The smallest absolute Gasteiger partial charge is 0.416 e. The van der Waals surface area contributed by atoms with Gasteiger partial charge in [0.2, 0.25) is 11.7 Å². The summed E-state index contributed by atoms with van der Waals surface area (Å²) in [6.07, 6.45) is 1.14. The van der Waals surface area contributed by atoms with Crippen LogP contribution in [-0.4, -0.2) is 72.3 Å². The molecule has 254 valence electrons. The van der Waals surface area contributed by atoms with E-state index in [-0.39, 0.29) is 57.8 Å². The van der Waals surface area contributed by atoms with Crippen LogP contribution in [0.15, 0.2) is 47.4 Å². The van der Waals surface area contributed by atoms with Crippen LogP contribution in [0.1, 0.15) is 52.4 Å². The van der Waals surface area contributed by atoms with Crippen LogP contribution in [0, 0.1) is 11.8 Å². The van der Waals surface area contributed by atoms with E-state index in [1.807, 2.05) is 6.08 Å². The molecule has 2 saturated heterocycles. The number of hydrogen-bond donors (Lipinski definition) is 2. The molecule has 1 saturated carbocycles. The third-order valence-electron chi connectivity index (χ3n) is 10.4. The topological polar surface area (TPSA) is 144 Å². The van der Waals surface area contributed by atoms with Gasteiger partial charge in [-0.3, -0.25) is 14.4 Å². The van der Waals surface area contributed by atoms with Crippen LogP contribution in [0.25, 0.3) is 11.4 Å². The van der Waals surface area contributed by atoms with E-state index in [0.717, 1.165) is 30.2 Å². The van der Waals surface area contributed by atoms with Crippen LogP contribution in [-0.2, 0) is 34.1 Å². The summed E-state index contributed by atoms with van der Waals surface area (Å²) in [6.45, 7) is 1.27. The molecular weight excluding hydrogens is 667 g/mol. The maximum Gasteiger partial charge on any atom is 0.416 e. The van der Waals surface area contributed by atoms with E-state index in [1.165, 1.54) is 16.8 Å². The fourth-order valence-corrected chi connectivity index (χ4v) is 8.38. The van der Waals surface area contributed by atoms with Gasteiger partial charge in [-0.1, -0.05) is 17.7 Å². The first-order valence-electron chi connectivity index (χ1n) is 15.9. The average Bonchev–Trinajstić information content (AvgIpc) is 3.73. The highest BCUT2D eigenvalue weighted by molar-refractivity contribution is 6.33. The van der Waals surface area contributed by atoms with Crippen LogP contribution in [0.3, 0.4) is 0 Å². The van der Waals surface area contributed by atoms with Crippen molar-refractivity contribution in [3.8, 4) is 5.75 Å². The van der Waals surface area contributed by atoms with Crippen molar-refractivity contribution in [2.24, 2.45) is 11.8 Å². The molecule has 3 aromatic heterocycles. The number of ether oxygens (including phenoxy) is 1. The minimum Gasteiger partial charge on any atom is -0.505 e. The number of halogens is 4. The minimum atomic E-state index is -4.60. The fourth-order valence-electron chi connectivity index (χ4n) is 8.15. The van der Waals surface area contributed by atoms with Crippen LogP contribution in [0.4, 0.5) is 18.9 Å². The van der Waals surface area contributed by atoms with E-state index in [1.54, 1.807) is 15.5 Å². The molecule has 6 heterocycles. The predicted molar refractivity (Wildman–Crippen MR) is 169 cm³/mol. The number of nitrogens with zero attached hydrogens (tertiary/aromatic N) is 6. The Bertz CT molecular complexity index is 2130. The molecule has 1 aromatic carbocycles. The summed E-state index contributed by atoms with van der Waals surface area (Å²) < 4.78 is 47.9. The third-order valence-corrected chi connectivity index (χ3v) is 10.7. The van der Waals surface area contributed by atoms with E-state index >= 15 is 0 Å². The number of piperidine rings is 2. The Balaban J connectivity index is 1.16. The van der Waals surface area contributed by atoms with Crippen molar-refractivity contribution in [2.75, 3.05) is 31.6 Å². The van der Waals surface area contributed by atoms with Gasteiger partial charge in [-0.15, -0.1) is 5.10 Å². The second kappa shape index (κ2) is 11.4. The summed E-state index contributed by atoms with van der Waals surface area (Å²) >= 11 is 6.13. The Morgan fingerprint density at radius 2 is 1.96 bits per heavy atom. The fraction of sp³-hybridized carbons (Fsp3) is 0.394. The number of anilines is 1. The highest BCUT2D eigenvalue weighted by Gasteiger charge is 2.64. The lowest BCUT2D eigenvalue weighted by atomic mass is 9.48. The van der Waals surface area contributed by atoms with Crippen molar-refractivity contribution in [3.05, 3.63) is 86.3 Å². The number of amides is 2. The summed E-state index contributed by atoms with van der Waals surface area (Å²) in [7, 11) is 0. The average molecular weight is 696 g/mol. The third kappa shape index (κ3) is 5.00. The number of benzene rings is 1. The van der Waals surface area contributed by atoms with Gasteiger partial charge in [0.1, 0.15) is 12.3 Å². The number of fused-ring (bicyclic) bond motifs is 4. The first-order valence-corrected chi connectivity index (χ1v) is 16.2. The molecule has 12 nitrogen and oxygen atoms in total. The van der Waals surface area contributed by atoms with Crippen molar-refractivity contribution >= 4 is 40.5 Å².